The van der Waals surface area contributed by atoms with E-state index in [1.54, 1.807) is 24.3 Å². The highest BCUT2D eigenvalue weighted by atomic mass is 35.5. The molecule has 3 amide bonds. The van der Waals surface area contributed by atoms with E-state index in [1.807, 2.05) is 73.4 Å². The summed E-state index contributed by atoms with van der Waals surface area (Å²) in [6, 6.07) is 19.0. The molecule has 6 nitrogen and oxygen atoms in total. The molecule has 3 aliphatic rings. The van der Waals surface area contributed by atoms with Crippen LogP contribution in [0.3, 0.4) is 0 Å². The maximum Gasteiger partial charge on any atom is 0.247 e. The van der Waals surface area contributed by atoms with Crippen LogP contribution in [0.25, 0.3) is 6.08 Å². The molecule has 2 fully saturated rings. The van der Waals surface area contributed by atoms with Crippen LogP contribution in [0.1, 0.15) is 16.7 Å². The third-order valence-electron chi connectivity index (χ3n) is 7.39. The highest BCUT2D eigenvalue weighted by Crippen LogP contribution is 2.49. The van der Waals surface area contributed by atoms with Crippen molar-refractivity contribution < 1.29 is 14.4 Å². The molecule has 0 aromatic heterocycles. The van der Waals surface area contributed by atoms with Crippen LogP contribution in [0.2, 0.25) is 5.02 Å². The van der Waals surface area contributed by atoms with Crippen LogP contribution in [0.4, 0.5) is 17.1 Å². The maximum absolute atomic E-state index is 14.0. The zero-order valence-electron chi connectivity index (χ0n) is 19.8. The van der Waals surface area contributed by atoms with Gasteiger partial charge >= 0.3 is 0 Å². The first-order valence-electron chi connectivity index (χ1n) is 11.9. The Labute approximate surface area is 214 Å². The highest BCUT2D eigenvalue weighted by molar-refractivity contribution is 6.30. The average molecular weight is 498 g/mol. The summed E-state index contributed by atoms with van der Waals surface area (Å²) >= 11 is 6.01. The molecule has 0 saturated carbocycles. The van der Waals surface area contributed by atoms with E-state index in [0.29, 0.717) is 16.4 Å². The number of amides is 3. The van der Waals surface area contributed by atoms with E-state index >= 15 is 0 Å². The first-order chi connectivity index (χ1) is 17.3. The van der Waals surface area contributed by atoms with Gasteiger partial charge in [-0.15, -0.1) is 0 Å². The van der Waals surface area contributed by atoms with E-state index in [2.05, 4.69) is 5.32 Å². The molecule has 36 heavy (non-hydrogen) atoms. The summed E-state index contributed by atoms with van der Waals surface area (Å²) in [5.41, 5.74) is 4.84. The minimum absolute atomic E-state index is 0.266. The minimum Gasteiger partial charge on any atom is -0.351 e. The molecule has 0 bridgehead atoms. The van der Waals surface area contributed by atoms with Gasteiger partial charge in [-0.1, -0.05) is 59.6 Å². The molecule has 4 atom stereocenters. The van der Waals surface area contributed by atoms with Crippen LogP contribution in [0.5, 0.6) is 0 Å². The molecule has 7 heteroatoms. The molecule has 3 aliphatic heterocycles. The van der Waals surface area contributed by atoms with Crippen LogP contribution in [0.15, 0.2) is 72.8 Å². The Hall–Kier alpha value is -3.90. The van der Waals surface area contributed by atoms with Crippen molar-refractivity contribution in [1.29, 1.82) is 0 Å². The van der Waals surface area contributed by atoms with Gasteiger partial charge in [0.25, 0.3) is 0 Å². The summed E-state index contributed by atoms with van der Waals surface area (Å²) < 4.78 is 0. The quantitative estimate of drug-likeness (QED) is 0.518. The lowest BCUT2D eigenvalue weighted by Crippen LogP contribution is -2.50. The molecule has 0 aliphatic carbocycles. The number of anilines is 3. The second-order valence-electron chi connectivity index (χ2n) is 9.61. The number of nitrogens with zero attached hydrogens (tertiary/aromatic N) is 2. The van der Waals surface area contributed by atoms with Crippen molar-refractivity contribution in [2.24, 2.45) is 11.8 Å². The molecule has 4 unspecified atom stereocenters. The Bertz CT molecular complexity index is 1450. The maximum atomic E-state index is 14.0. The van der Waals surface area contributed by atoms with Crippen LogP contribution in [-0.4, -0.2) is 29.8 Å². The van der Waals surface area contributed by atoms with Crippen molar-refractivity contribution in [3.05, 3.63) is 94.5 Å². The first-order valence-corrected chi connectivity index (χ1v) is 12.3. The fourth-order valence-electron chi connectivity index (χ4n) is 5.86. The summed E-state index contributed by atoms with van der Waals surface area (Å²) in [7, 11) is 0. The number of para-hydroxylation sites is 1. The fraction of sp³-hybridized carbons (Fsp3) is 0.207. The van der Waals surface area contributed by atoms with Gasteiger partial charge in [-0.25, -0.2) is 4.90 Å². The summed E-state index contributed by atoms with van der Waals surface area (Å²) in [5.74, 6) is -2.41. The summed E-state index contributed by atoms with van der Waals surface area (Å²) in [4.78, 5) is 44.9. The molecule has 0 spiro atoms. The van der Waals surface area contributed by atoms with Gasteiger partial charge < -0.3 is 10.2 Å². The minimum atomic E-state index is -0.853. The third kappa shape index (κ3) is 3.36. The lowest BCUT2D eigenvalue weighted by molar-refractivity contribution is -0.126. The zero-order valence-corrected chi connectivity index (χ0v) is 20.6. The average Bonchev–Trinajstić information content (AvgIpc) is 3.34. The van der Waals surface area contributed by atoms with Crippen LogP contribution >= 0.6 is 11.6 Å². The number of nitrogens with one attached hydrogen (secondary N) is 1. The topological polar surface area (TPSA) is 69.7 Å². The molecule has 6 rings (SSSR count). The molecule has 3 aromatic carbocycles. The van der Waals surface area contributed by atoms with Crippen molar-refractivity contribution in [2.75, 3.05) is 15.1 Å². The van der Waals surface area contributed by atoms with Gasteiger partial charge in [-0.05, 0) is 61.4 Å². The number of hydrogen-bond donors (Lipinski definition) is 1. The monoisotopic (exact) mass is 497 g/mol. The number of hydrogen-bond acceptors (Lipinski definition) is 4. The van der Waals surface area contributed by atoms with Gasteiger partial charge in [0.15, 0.2) is 0 Å². The van der Waals surface area contributed by atoms with Crippen molar-refractivity contribution in [1.82, 2.24) is 0 Å². The van der Waals surface area contributed by atoms with E-state index in [9.17, 15) is 14.4 Å². The number of benzene rings is 3. The standard InChI is InChI=1S/C29H24ClN3O3/c1-16-7-13-21(17(2)15-16)33-28(35)24-23-14-8-18-5-3-4-6-22(18)32(23)26(25(24)29(33)36)27(34)31-20-11-9-19(30)10-12-20/h3-15,23-26H,1-2H3,(H,31,34). The van der Waals surface area contributed by atoms with E-state index < -0.39 is 23.9 Å². The third-order valence-corrected chi connectivity index (χ3v) is 7.64. The van der Waals surface area contributed by atoms with Gasteiger partial charge in [0, 0.05) is 16.4 Å². The fourth-order valence-corrected chi connectivity index (χ4v) is 5.98. The number of carbonyl (C=O) groups is 3. The molecular weight excluding hydrogens is 474 g/mol. The van der Waals surface area contributed by atoms with E-state index in [1.165, 1.54) is 4.90 Å². The van der Waals surface area contributed by atoms with Gasteiger partial charge in [-0.3, -0.25) is 14.4 Å². The van der Waals surface area contributed by atoms with Crippen LogP contribution in [0, 0.1) is 25.7 Å². The Kier molecular flexibility index (Phi) is 5.23. The van der Waals surface area contributed by atoms with Gasteiger partial charge in [0.2, 0.25) is 17.7 Å². The Balaban J connectivity index is 1.44. The first kappa shape index (κ1) is 22.6. The summed E-state index contributed by atoms with van der Waals surface area (Å²) in [6.45, 7) is 3.86. The second-order valence-corrected chi connectivity index (χ2v) is 10.0. The van der Waals surface area contributed by atoms with E-state index in [4.69, 9.17) is 11.6 Å². The summed E-state index contributed by atoms with van der Waals surface area (Å²) in [5, 5.41) is 3.51. The molecule has 3 aromatic rings. The molecular formula is C29H24ClN3O3. The molecule has 1 N–H and O–H groups in total. The Morgan fingerprint density at radius 3 is 2.36 bits per heavy atom. The molecule has 2 saturated heterocycles. The summed E-state index contributed by atoms with van der Waals surface area (Å²) in [6.07, 6.45) is 3.93. The van der Waals surface area contributed by atoms with Crippen LogP contribution < -0.4 is 15.1 Å². The normalized spacial score (nSPS) is 24.0. The zero-order chi connectivity index (χ0) is 25.1. The number of imide groups is 1. The second kappa shape index (κ2) is 8.35. The molecule has 3 heterocycles. The van der Waals surface area contributed by atoms with E-state index in [-0.39, 0.29) is 17.7 Å². The number of rotatable bonds is 3. The smallest absolute Gasteiger partial charge is 0.247 e. The number of carbonyl (C=O) groups excluding carboxylic acids is 3. The van der Waals surface area contributed by atoms with Gasteiger partial charge in [0.1, 0.15) is 6.04 Å². The van der Waals surface area contributed by atoms with Gasteiger partial charge in [0.05, 0.1) is 23.6 Å². The Morgan fingerprint density at radius 2 is 1.61 bits per heavy atom. The molecule has 0 radical (unpaired) electrons. The van der Waals surface area contributed by atoms with Crippen molar-refractivity contribution in [2.45, 2.75) is 25.9 Å². The largest absolute Gasteiger partial charge is 0.351 e. The van der Waals surface area contributed by atoms with Gasteiger partial charge in [-0.2, -0.15) is 0 Å². The number of fused-ring (bicyclic) bond motifs is 5. The predicted molar refractivity (Wildman–Crippen MR) is 141 cm³/mol. The predicted octanol–water partition coefficient (Wildman–Crippen LogP) is 4.99. The lowest BCUT2D eigenvalue weighted by atomic mass is 9.88. The Morgan fingerprint density at radius 1 is 0.889 bits per heavy atom. The van der Waals surface area contributed by atoms with Crippen LogP contribution in [-0.2, 0) is 14.4 Å². The van der Waals surface area contributed by atoms with E-state index in [0.717, 1.165) is 22.4 Å². The lowest BCUT2D eigenvalue weighted by Gasteiger charge is -2.36. The number of halogens is 1. The SMILES string of the molecule is Cc1ccc(N2C(=O)C3C(C2=O)C(C(=O)Nc2ccc(Cl)cc2)N2c4ccccc4C=CC32)c(C)c1. The highest BCUT2D eigenvalue weighted by Gasteiger charge is 2.64. The number of aryl methyl sites for hydroxylation is 2. The van der Waals surface area contributed by atoms with Crippen molar-refractivity contribution in [3.63, 3.8) is 0 Å². The van der Waals surface area contributed by atoms with Crippen molar-refractivity contribution in [3.8, 4) is 0 Å². The molecule has 180 valence electrons. The van der Waals surface area contributed by atoms with Crippen molar-refractivity contribution >= 4 is 52.5 Å².